The summed E-state index contributed by atoms with van der Waals surface area (Å²) in [6.07, 6.45) is 0.146. The Hall–Kier alpha value is -2.00. The van der Waals surface area contributed by atoms with Gasteiger partial charge in [0.05, 0.1) is 30.4 Å². The summed E-state index contributed by atoms with van der Waals surface area (Å²) in [6, 6.07) is 9.09. The summed E-state index contributed by atoms with van der Waals surface area (Å²) in [6.45, 7) is 2.30. The summed E-state index contributed by atoms with van der Waals surface area (Å²) < 4.78 is 4.78. The number of rotatable bonds is 7. The van der Waals surface area contributed by atoms with Crippen LogP contribution in [0.3, 0.4) is 0 Å². The molecule has 0 unspecified atom stereocenters. The molecular formula is C14H16N2O3S. The average molecular weight is 292 g/mol. The number of nitriles is 1. The molecule has 0 bridgehead atoms. The van der Waals surface area contributed by atoms with Crippen LogP contribution in [0.2, 0.25) is 0 Å². The molecule has 0 saturated heterocycles. The summed E-state index contributed by atoms with van der Waals surface area (Å²) in [5.74, 6) is -0.303. The molecule has 1 N–H and O–H groups in total. The Balaban J connectivity index is 2.55. The van der Waals surface area contributed by atoms with Gasteiger partial charge in [0.15, 0.2) is 0 Å². The van der Waals surface area contributed by atoms with Crippen molar-refractivity contribution in [1.82, 2.24) is 5.32 Å². The van der Waals surface area contributed by atoms with E-state index >= 15 is 0 Å². The van der Waals surface area contributed by atoms with Gasteiger partial charge in [-0.1, -0.05) is 12.1 Å². The zero-order valence-corrected chi connectivity index (χ0v) is 12.0. The molecule has 5 nitrogen and oxygen atoms in total. The van der Waals surface area contributed by atoms with E-state index in [0.717, 1.165) is 4.90 Å². The number of amides is 1. The van der Waals surface area contributed by atoms with Gasteiger partial charge in [0.2, 0.25) is 0 Å². The van der Waals surface area contributed by atoms with Crippen LogP contribution >= 0.6 is 11.8 Å². The van der Waals surface area contributed by atoms with Crippen molar-refractivity contribution < 1.29 is 14.3 Å². The van der Waals surface area contributed by atoms with Crippen molar-refractivity contribution in [3.63, 3.8) is 0 Å². The van der Waals surface area contributed by atoms with E-state index in [4.69, 9.17) is 10.00 Å². The number of nitrogens with zero attached hydrogens (tertiary/aromatic N) is 1. The monoisotopic (exact) mass is 292 g/mol. The first-order chi connectivity index (χ1) is 9.69. The van der Waals surface area contributed by atoms with Crippen molar-refractivity contribution in [1.29, 1.82) is 5.26 Å². The highest BCUT2D eigenvalue weighted by atomic mass is 32.2. The van der Waals surface area contributed by atoms with Gasteiger partial charge in [-0.25, -0.2) is 0 Å². The molecular weight excluding hydrogens is 276 g/mol. The van der Waals surface area contributed by atoms with Gasteiger partial charge < -0.3 is 10.1 Å². The fraction of sp³-hybridized carbons (Fsp3) is 0.357. The number of esters is 1. The highest BCUT2D eigenvalue weighted by Crippen LogP contribution is 2.21. The molecule has 0 spiro atoms. The van der Waals surface area contributed by atoms with Crippen LogP contribution in [-0.2, 0) is 9.53 Å². The molecule has 0 saturated carbocycles. The quantitative estimate of drug-likeness (QED) is 0.614. The molecule has 0 radical (unpaired) electrons. The van der Waals surface area contributed by atoms with Crippen LogP contribution in [0.1, 0.15) is 23.7 Å². The van der Waals surface area contributed by atoms with Crippen molar-refractivity contribution in [2.45, 2.75) is 18.2 Å². The molecule has 0 aliphatic carbocycles. The lowest BCUT2D eigenvalue weighted by atomic mass is 10.2. The number of benzene rings is 1. The van der Waals surface area contributed by atoms with E-state index < -0.39 is 0 Å². The molecule has 1 amide bonds. The third-order valence-corrected chi connectivity index (χ3v) is 3.28. The van der Waals surface area contributed by atoms with Crippen molar-refractivity contribution >= 4 is 23.6 Å². The molecule has 1 rings (SSSR count). The Morgan fingerprint density at radius 1 is 1.40 bits per heavy atom. The van der Waals surface area contributed by atoms with Gasteiger partial charge in [0.25, 0.3) is 5.91 Å². The second kappa shape index (κ2) is 8.99. The number of nitrogens with one attached hydrogen (secondary N) is 1. The number of hydrogen-bond acceptors (Lipinski definition) is 5. The van der Waals surface area contributed by atoms with Crippen LogP contribution in [-0.4, -0.2) is 30.8 Å². The van der Waals surface area contributed by atoms with Gasteiger partial charge in [-0.2, -0.15) is 5.26 Å². The number of thioether (sulfide) groups is 1. The third kappa shape index (κ3) is 5.33. The Morgan fingerprint density at radius 3 is 2.85 bits per heavy atom. The molecule has 0 aromatic heterocycles. The van der Waals surface area contributed by atoms with E-state index in [1.54, 1.807) is 25.1 Å². The summed E-state index contributed by atoms with van der Waals surface area (Å²) >= 11 is 1.31. The van der Waals surface area contributed by atoms with Crippen LogP contribution in [0, 0.1) is 11.3 Å². The summed E-state index contributed by atoms with van der Waals surface area (Å²) in [7, 11) is 0. The van der Waals surface area contributed by atoms with Crippen molar-refractivity contribution in [3.05, 3.63) is 29.8 Å². The van der Waals surface area contributed by atoms with Crippen LogP contribution < -0.4 is 5.32 Å². The first-order valence-corrected chi connectivity index (χ1v) is 7.20. The molecule has 1 aromatic carbocycles. The smallest absolute Gasteiger partial charge is 0.307 e. The average Bonchev–Trinajstić information content (AvgIpc) is 2.45. The largest absolute Gasteiger partial charge is 0.466 e. The number of ether oxygens (including phenoxy) is 1. The SMILES string of the molecule is CCOC(=O)CCNC(=O)c1ccccc1SCC#N. The summed E-state index contributed by atoms with van der Waals surface area (Å²) in [5.41, 5.74) is 0.511. The van der Waals surface area contributed by atoms with Gasteiger partial charge in [0, 0.05) is 11.4 Å². The maximum atomic E-state index is 12.0. The van der Waals surface area contributed by atoms with Gasteiger partial charge in [-0.05, 0) is 19.1 Å². The minimum Gasteiger partial charge on any atom is -0.466 e. The van der Waals surface area contributed by atoms with Crippen LogP contribution in [0.15, 0.2) is 29.2 Å². The maximum Gasteiger partial charge on any atom is 0.307 e. The fourth-order valence-corrected chi connectivity index (χ4v) is 2.21. The Bertz CT molecular complexity index is 511. The molecule has 0 fully saturated rings. The minimum absolute atomic E-state index is 0.146. The van der Waals surface area contributed by atoms with Gasteiger partial charge in [0.1, 0.15) is 0 Å². The number of carbonyl (C=O) groups excluding carboxylic acids is 2. The fourth-order valence-electron chi connectivity index (χ4n) is 1.50. The zero-order chi connectivity index (χ0) is 14.8. The molecule has 0 aliphatic rings. The highest BCUT2D eigenvalue weighted by Gasteiger charge is 2.11. The van der Waals surface area contributed by atoms with Crippen molar-refractivity contribution in [2.75, 3.05) is 18.9 Å². The Labute approximate surface area is 122 Å². The lowest BCUT2D eigenvalue weighted by Gasteiger charge is -2.08. The third-order valence-electron chi connectivity index (χ3n) is 2.34. The van der Waals surface area contributed by atoms with E-state index in [0.29, 0.717) is 12.2 Å². The first kappa shape index (κ1) is 16.1. The number of hydrogen-bond donors (Lipinski definition) is 1. The topological polar surface area (TPSA) is 79.2 Å². The van der Waals surface area contributed by atoms with E-state index in [1.807, 2.05) is 12.1 Å². The number of carbonyl (C=O) groups is 2. The molecule has 0 aliphatic heterocycles. The minimum atomic E-state index is -0.333. The molecule has 106 valence electrons. The van der Waals surface area contributed by atoms with Crippen molar-refractivity contribution in [3.8, 4) is 6.07 Å². The van der Waals surface area contributed by atoms with Crippen molar-refractivity contribution in [2.24, 2.45) is 0 Å². The van der Waals surface area contributed by atoms with Gasteiger partial charge >= 0.3 is 5.97 Å². The van der Waals surface area contributed by atoms with E-state index in [-0.39, 0.29) is 30.6 Å². The Kier molecular flexibility index (Phi) is 7.22. The first-order valence-electron chi connectivity index (χ1n) is 6.21. The molecule has 0 atom stereocenters. The lowest BCUT2D eigenvalue weighted by Crippen LogP contribution is -2.27. The molecule has 0 heterocycles. The van der Waals surface area contributed by atoms with E-state index in [2.05, 4.69) is 5.32 Å². The van der Waals surface area contributed by atoms with Crippen LogP contribution in [0.5, 0.6) is 0 Å². The molecule has 1 aromatic rings. The van der Waals surface area contributed by atoms with Gasteiger partial charge in [-0.3, -0.25) is 9.59 Å². The highest BCUT2D eigenvalue weighted by molar-refractivity contribution is 7.99. The Morgan fingerprint density at radius 2 is 2.15 bits per heavy atom. The van der Waals surface area contributed by atoms with Crippen LogP contribution in [0.25, 0.3) is 0 Å². The summed E-state index contributed by atoms with van der Waals surface area (Å²) in [5, 5.41) is 11.3. The molecule has 20 heavy (non-hydrogen) atoms. The standard InChI is InChI=1S/C14H16N2O3S/c1-2-19-13(17)7-9-16-14(18)11-5-3-4-6-12(11)20-10-8-15/h3-6H,2,7,9-10H2,1H3,(H,16,18). The second-order valence-electron chi connectivity index (χ2n) is 3.75. The predicted octanol–water partition coefficient (Wildman–Crippen LogP) is 1.99. The zero-order valence-electron chi connectivity index (χ0n) is 11.2. The maximum absolute atomic E-state index is 12.0. The molecule has 6 heteroatoms. The van der Waals surface area contributed by atoms with Gasteiger partial charge in [-0.15, -0.1) is 11.8 Å². The van der Waals surface area contributed by atoms with E-state index in [1.165, 1.54) is 11.8 Å². The van der Waals surface area contributed by atoms with E-state index in [9.17, 15) is 9.59 Å². The lowest BCUT2D eigenvalue weighted by molar-refractivity contribution is -0.142. The van der Waals surface area contributed by atoms with Crippen LogP contribution in [0.4, 0.5) is 0 Å². The summed E-state index contributed by atoms with van der Waals surface area (Å²) in [4.78, 5) is 23.9. The normalized spacial score (nSPS) is 9.60. The second-order valence-corrected chi connectivity index (χ2v) is 4.77. The predicted molar refractivity (Wildman–Crippen MR) is 76.4 cm³/mol.